The Morgan fingerprint density at radius 2 is 1.33 bits per heavy atom. The second-order valence-corrected chi connectivity index (χ2v) is 2.22. The second-order valence-electron chi connectivity index (χ2n) is 0.742. The van der Waals surface area contributed by atoms with E-state index in [0.29, 0.717) is 0 Å². The summed E-state index contributed by atoms with van der Waals surface area (Å²) < 4.78 is 9.56. The fourth-order valence-electron chi connectivity index (χ4n) is 0. The van der Waals surface area contributed by atoms with Crippen LogP contribution < -0.4 is 0 Å². The lowest BCUT2D eigenvalue weighted by molar-refractivity contribution is 0.606. The monoisotopic (exact) mass is 130 g/mol. The molecule has 0 aromatic heterocycles. The molecule has 0 fully saturated rings. The third-order valence-electron chi connectivity index (χ3n) is 0. The van der Waals surface area contributed by atoms with E-state index >= 15 is 0 Å². The van der Waals surface area contributed by atoms with Crippen LogP contribution in [0.4, 0.5) is 0 Å². The van der Waals surface area contributed by atoms with E-state index in [1.54, 1.807) is 12.5 Å². The average molecular weight is 130 g/mol. The summed E-state index contributed by atoms with van der Waals surface area (Å²) in [5, 5.41) is 0. The largest absolute Gasteiger partial charge is 0.617 e. The summed E-state index contributed by atoms with van der Waals surface area (Å²) in [4.78, 5) is 0. The first-order valence-electron chi connectivity index (χ1n) is 0.983. The lowest BCUT2D eigenvalue weighted by Crippen LogP contribution is -1.86. The van der Waals surface area contributed by atoms with Gasteiger partial charge in [0.15, 0.2) is 0 Å². The molecule has 0 spiro atoms. The van der Waals surface area contributed by atoms with Crippen molar-refractivity contribution >= 4 is 24.7 Å². The molecule has 42 valence electrons. The Hall–Kier alpha value is 0.620. The van der Waals surface area contributed by atoms with Crippen LogP contribution in [-0.2, 0) is 11.2 Å². The van der Waals surface area contributed by atoms with Crippen molar-refractivity contribution in [3.05, 3.63) is 0 Å². The molecule has 4 heteroatoms. The highest BCUT2D eigenvalue weighted by Crippen LogP contribution is 1.61. The van der Waals surface area contributed by atoms with Gasteiger partial charge in [-0.05, 0) is 0 Å². The zero-order valence-corrected chi connectivity index (χ0v) is 5.63. The molecule has 0 aromatic rings. The van der Waals surface area contributed by atoms with Crippen LogP contribution in [0.1, 0.15) is 0 Å². The molecular weight excluding hydrogens is 120 g/mol. The molecule has 0 aliphatic carbocycles. The Morgan fingerprint density at radius 3 is 1.33 bits per heavy atom. The molecule has 2 nitrogen and oxygen atoms in total. The van der Waals surface area contributed by atoms with Gasteiger partial charge in [-0.1, -0.05) is 11.2 Å². The van der Waals surface area contributed by atoms with Crippen LogP contribution in [0.15, 0.2) is 0 Å². The van der Waals surface area contributed by atoms with Gasteiger partial charge in [-0.2, -0.15) is 13.5 Å². The van der Waals surface area contributed by atoms with Crippen LogP contribution in [0.5, 0.6) is 0 Å². The summed E-state index contributed by atoms with van der Waals surface area (Å²) in [7, 11) is 0. The highest BCUT2D eigenvalue weighted by atomic mass is 32.2. The predicted octanol–water partition coefficient (Wildman–Crippen LogP) is -0.717. The van der Waals surface area contributed by atoms with Crippen molar-refractivity contribution in [1.82, 2.24) is 0 Å². The van der Waals surface area contributed by atoms with Crippen LogP contribution in [0, 0.1) is 0 Å². The van der Waals surface area contributed by atoms with E-state index in [2.05, 4.69) is 0 Å². The minimum Gasteiger partial charge on any atom is -0.617 e. The SMILES string of the molecule is C[S+](C)[O-].O.S. The van der Waals surface area contributed by atoms with Gasteiger partial charge in [0, 0.05) is 0 Å². The standard InChI is InChI=1S/C2H6OS.H2O.H2S/c1-4(2)3;;/h1-2H3;2*1H2. The zero-order chi connectivity index (χ0) is 3.58. The molecular formula is C2H10O2S2. The predicted molar refractivity (Wildman–Crippen MR) is 34.0 cm³/mol. The summed E-state index contributed by atoms with van der Waals surface area (Å²) in [5.74, 6) is 0. The van der Waals surface area contributed by atoms with E-state index in [1.165, 1.54) is 0 Å². The van der Waals surface area contributed by atoms with Crippen LogP contribution in [0.2, 0.25) is 0 Å². The van der Waals surface area contributed by atoms with Gasteiger partial charge in [-0.3, -0.25) is 0 Å². The molecule has 0 saturated carbocycles. The summed E-state index contributed by atoms with van der Waals surface area (Å²) in [5.41, 5.74) is 0. The van der Waals surface area contributed by atoms with E-state index in [4.69, 9.17) is 0 Å². The molecule has 0 unspecified atom stereocenters. The fourth-order valence-corrected chi connectivity index (χ4v) is 0. The van der Waals surface area contributed by atoms with Crippen molar-refractivity contribution in [2.75, 3.05) is 12.5 Å². The molecule has 0 aliphatic rings. The first-order chi connectivity index (χ1) is 1.73. The van der Waals surface area contributed by atoms with Gasteiger partial charge in [0.25, 0.3) is 0 Å². The minimum absolute atomic E-state index is 0. The van der Waals surface area contributed by atoms with Gasteiger partial charge in [0.2, 0.25) is 0 Å². The van der Waals surface area contributed by atoms with Crippen molar-refractivity contribution in [3.63, 3.8) is 0 Å². The van der Waals surface area contributed by atoms with Gasteiger partial charge in [-0.15, -0.1) is 0 Å². The Balaban J connectivity index is -0.0000000450. The fraction of sp³-hybridized carbons (Fsp3) is 1.00. The second kappa shape index (κ2) is 9.15. The maximum atomic E-state index is 9.56. The maximum Gasteiger partial charge on any atom is 0.0946 e. The van der Waals surface area contributed by atoms with Crippen molar-refractivity contribution in [2.24, 2.45) is 0 Å². The topological polar surface area (TPSA) is 54.6 Å². The van der Waals surface area contributed by atoms with Gasteiger partial charge in [0.1, 0.15) is 0 Å². The molecule has 0 rings (SSSR count). The summed E-state index contributed by atoms with van der Waals surface area (Å²) in [6.07, 6.45) is 3.28. The van der Waals surface area contributed by atoms with Crippen LogP contribution in [0.3, 0.4) is 0 Å². The first kappa shape index (κ1) is 16.0. The van der Waals surface area contributed by atoms with Crippen molar-refractivity contribution in [3.8, 4) is 0 Å². The summed E-state index contributed by atoms with van der Waals surface area (Å²) in [6.45, 7) is 0. The van der Waals surface area contributed by atoms with Crippen molar-refractivity contribution in [2.45, 2.75) is 0 Å². The molecule has 0 saturated heterocycles. The lowest BCUT2D eigenvalue weighted by Gasteiger charge is -1.87. The minimum atomic E-state index is -0.611. The summed E-state index contributed by atoms with van der Waals surface area (Å²) >= 11 is -0.611. The Bertz CT molecular complexity index is 14.3. The number of rotatable bonds is 0. The normalized spacial score (nSPS) is 6.00. The molecule has 6 heavy (non-hydrogen) atoms. The quantitative estimate of drug-likeness (QED) is 0.399. The van der Waals surface area contributed by atoms with Gasteiger partial charge >= 0.3 is 0 Å². The van der Waals surface area contributed by atoms with Crippen LogP contribution >= 0.6 is 13.5 Å². The third kappa shape index (κ3) is 157. The van der Waals surface area contributed by atoms with Crippen LogP contribution in [-0.4, -0.2) is 22.5 Å². The van der Waals surface area contributed by atoms with Gasteiger partial charge in [-0.25, -0.2) is 0 Å². The Labute approximate surface area is 47.9 Å². The van der Waals surface area contributed by atoms with E-state index in [1.807, 2.05) is 0 Å². The lowest BCUT2D eigenvalue weighted by atomic mass is 11.9. The molecule has 0 heterocycles. The average Bonchev–Trinajstić information content (AvgIpc) is 0.811. The van der Waals surface area contributed by atoms with Crippen molar-refractivity contribution in [1.29, 1.82) is 0 Å². The number of hydrogen-bond donors (Lipinski definition) is 0. The molecule has 0 radical (unpaired) electrons. The molecule has 0 bridgehead atoms. The van der Waals surface area contributed by atoms with Gasteiger partial charge < -0.3 is 10.0 Å². The summed E-state index contributed by atoms with van der Waals surface area (Å²) in [6, 6.07) is 0. The van der Waals surface area contributed by atoms with E-state index in [9.17, 15) is 4.55 Å². The maximum absolute atomic E-state index is 9.56. The number of hydrogen-bond acceptors (Lipinski definition) is 1. The van der Waals surface area contributed by atoms with E-state index in [0.717, 1.165) is 0 Å². The molecule has 0 amide bonds. The van der Waals surface area contributed by atoms with Gasteiger partial charge in [0.05, 0.1) is 12.5 Å². The van der Waals surface area contributed by atoms with Crippen molar-refractivity contribution < 1.29 is 10.0 Å². The molecule has 0 atom stereocenters. The third-order valence-corrected chi connectivity index (χ3v) is 0. The Morgan fingerprint density at radius 1 is 1.33 bits per heavy atom. The van der Waals surface area contributed by atoms with Crippen LogP contribution in [0.25, 0.3) is 0 Å². The van der Waals surface area contributed by atoms with E-state index < -0.39 is 11.2 Å². The first-order valence-corrected chi connectivity index (χ1v) is 2.95. The molecule has 0 aliphatic heterocycles. The Kier molecular flexibility index (Phi) is 24.3. The highest BCUT2D eigenvalue weighted by molar-refractivity contribution is 7.89. The highest BCUT2D eigenvalue weighted by Gasteiger charge is 1.66. The zero-order valence-electron chi connectivity index (χ0n) is 3.82. The smallest absolute Gasteiger partial charge is 0.0946 e. The van der Waals surface area contributed by atoms with E-state index in [-0.39, 0.29) is 19.0 Å². The molecule has 0 aromatic carbocycles. The molecule has 2 N–H and O–H groups in total.